The van der Waals surface area contributed by atoms with E-state index >= 15 is 0 Å². The van der Waals surface area contributed by atoms with E-state index in [2.05, 4.69) is 10.1 Å². The number of hydrogen-bond donors (Lipinski definition) is 0. The second-order valence-corrected chi connectivity index (χ2v) is 8.28. The van der Waals surface area contributed by atoms with Gasteiger partial charge in [-0.15, -0.1) is 0 Å². The molecule has 1 fully saturated rings. The molecule has 0 N–H and O–H groups in total. The monoisotopic (exact) mass is 435 g/mol. The molecule has 1 aliphatic rings. The predicted octanol–water partition coefficient (Wildman–Crippen LogP) is 3.81. The number of aryl methyl sites for hydroxylation is 1. The van der Waals surface area contributed by atoms with E-state index in [4.69, 9.17) is 14.2 Å². The summed E-state index contributed by atoms with van der Waals surface area (Å²) in [5.74, 6) is 2.00. The highest BCUT2D eigenvalue weighted by Gasteiger charge is 2.32. The number of carbonyl (C=O) groups is 1. The van der Waals surface area contributed by atoms with Crippen LogP contribution in [0.4, 0.5) is 5.95 Å². The molecule has 0 bridgehead atoms. The minimum Gasteiger partial charge on any atom is -0.496 e. The van der Waals surface area contributed by atoms with Crippen LogP contribution >= 0.6 is 0 Å². The Hall–Kier alpha value is -3.42. The van der Waals surface area contributed by atoms with Crippen molar-refractivity contribution in [1.82, 2.24) is 20.0 Å². The Morgan fingerprint density at radius 1 is 1.28 bits per heavy atom. The van der Waals surface area contributed by atoms with Crippen molar-refractivity contribution in [3.8, 4) is 17.1 Å². The Kier molecular flexibility index (Phi) is 6.39. The van der Waals surface area contributed by atoms with E-state index in [9.17, 15) is 4.79 Å². The van der Waals surface area contributed by atoms with E-state index in [1.807, 2.05) is 61.2 Å². The fourth-order valence-electron chi connectivity index (χ4n) is 4.16. The van der Waals surface area contributed by atoms with Crippen molar-refractivity contribution in [1.29, 1.82) is 0 Å². The molecule has 168 valence electrons. The molecule has 1 saturated heterocycles. The predicted molar refractivity (Wildman–Crippen MR) is 122 cm³/mol. The Labute approximate surface area is 188 Å². The van der Waals surface area contributed by atoms with Crippen LogP contribution in [-0.2, 0) is 11.2 Å². The average Bonchev–Trinajstić information content (AvgIpc) is 3.25. The number of para-hydroxylation sites is 1. The standard InChI is InChI=1S/C24H29N5O3/c1-16-13-21(32-27-16)18-15-25-24(28(2)3)26-23(18)19-10-7-8-12-29(19)22(30)14-17-9-5-6-11-20(17)31-4/h5-6,9,11,13,15,19H,7-8,10,12,14H2,1-4H3/t19-/m0/s1. The number of ether oxygens (including phenoxy) is 1. The minimum atomic E-state index is -0.159. The van der Waals surface area contributed by atoms with Crippen LogP contribution in [-0.4, -0.2) is 53.7 Å². The van der Waals surface area contributed by atoms with Crippen LogP contribution < -0.4 is 9.64 Å². The lowest BCUT2D eigenvalue weighted by Gasteiger charge is -2.36. The van der Waals surface area contributed by atoms with Gasteiger partial charge in [-0.1, -0.05) is 23.4 Å². The lowest BCUT2D eigenvalue weighted by atomic mass is 9.94. The van der Waals surface area contributed by atoms with Gasteiger partial charge in [0.15, 0.2) is 5.76 Å². The summed E-state index contributed by atoms with van der Waals surface area (Å²) < 4.78 is 11.0. The fraction of sp³-hybridized carbons (Fsp3) is 0.417. The van der Waals surface area contributed by atoms with Gasteiger partial charge in [0.25, 0.3) is 0 Å². The van der Waals surface area contributed by atoms with Crippen LogP contribution in [0.1, 0.15) is 42.3 Å². The maximum absolute atomic E-state index is 13.5. The van der Waals surface area contributed by atoms with Gasteiger partial charge in [-0.3, -0.25) is 4.79 Å². The summed E-state index contributed by atoms with van der Waals surface area (Å²) in [5.41, 5.74) is 3.24. The zero-order valence-corrected chi connectivity index (χ0v) is 19.0. The van der Waals surface area contributed by atoms with Crippen LogP contribution in [0.3, 0.4) is 0 Å². The molecule has 0 aliphatic carbocycles. The van der Waals surface area contributed by atoms with Crippen LogP contribution in [0, 0.1) is 6.92 Å². The number of piperidine rings is 1. The topological polar surface area (TPSA) is 84.6 Å². The first-order valence-corrected chi connectivity index (χ1v) is 10.9. The number of likely N-dealkylation sites (tertiary alicyclic amines) is 1. The largest absolute Gasteiger partial charge is 0.496 e. The summed E-state index contributed by atoms with van der Waals surface area (Å²) in [5, 5.41) is 4.03. The third-order valence-electron chi connectivity index (χ3n) is 5.77. The zero-order valence-electron chi connectivity index (χ0n) is 19.0. The van der Waals surface area contributed by atoms with Gasteiger partial charge >= 0.3 is 0 Å². The maximum atomic E-state index is 13.5. The number of amides is 1. The normalized spacial score (nSPS) is 16.1. The molecule has 0 radical (unpaired) electrons. The molecule has 3 aromatic rings. The first kappa shape index (κ1) is 21.8. The summed E-state index contributed by atoms with van der Waals surface area (Å²) in [6, 6.07) is 9.37. The molecule has 1 atom stereocenters. The third kappa shape index (κ3) is 4.44. The Balaban J connectivity index is 1.71. The van der Waals surface area contributed by atoms with Crippen molar-refractivity contribution < 1.29 is 14.1 Å². The number of hydrogen-bond acceptors (Lipinski definition) is 7. The van der Waals surface area contributed by atoms with Crippen molar-refractivity contribution >= 4 is 11.9 Å². The van der Waals surface area contributed by atoms with Crippen LogP contribution in [0.15, 0.2) is 41.1 Å². The Bertz CT molecular complexity index is 1090. The molecule has 8 nitrogen and oxygen atoms in total. The highest BCUT2D eigenvalue weighted by atomic mass is 16.5. The van der Waals surface area contributed by atoms with Crippen molar-refractivity contribution in [2.75, 3.05) is 32.6 Å². The van der Waals surface area contributed by atoms with E-state index in [0.717, 1.165) is 47.5 Å². The van der Waals surface area contributed by atoms with Gasteiger partial charge in [0.1, 0.15) is 5.75 Å². The van der Waals surface area contributed by atoms with Gasteiger partial charge in [-0.2, -0.15) is 0 Å². The van der Waals surface area contributed by atoms with E-state index in [1.165, 1.54) is 0 Å². The molecular weight excluding hydrogens is 406 g/mol. The summed E-state index contributed by atoms with van der Waals surface area (Å²) in [6.07, 6.45) is 4.88. The molecule has 1 aliphatic heterocycles. The lowest BCUT2D eigenvalue weighted by Crippen LogP contribution is -2.40. The first-order valence-electron chi connectivity index (χ1n) is 10.9. The molecule has 32 heavy (non-hydrogen) atoms. The van der Waals surface area contributed by atoms with Gasteiger partial charge in [0.05, 0.1) is 36.5 Å². The van der Waals surface area contributed by atoms with E-state index < -0.39 is 0 Å². The highest BCUT2D eigenvalue weighted by Crippen LogP contribution is 2.37. The number of benzene rings is 1. The van der Waals surface area contributed by atoms with Crippen molar-refractivity contribution in [3.63, 3.8) is 0 Å². The van der Waals surface area contributed by atoms with E-state index in [1.54, 1.807) is 13.3 Å². The van der Waals surface area contributed by atoms with Crippen molar-refractivity contribution in [2.45, 2.75) is 38.6 Å². The summed E-state index contributed by atoms with van der Waals surface area (Å²) in [4.78, 5) is 26.6. The van der Waals surface area contributed by atoms with Gasteiger partial charge in [0.2, 0.25) is 11.9 Å². The van der Waals surface area contributed by atoms with Gasteiger partial charge in [-0.05, 0) is 32.3 Å². The molecule has 1 amide bonds. The fourth-order valence-corrected chi connectivity index (χ4v) is 4.16. The van der Waals surface area contributed by atoms with Gasteiger partial charge in [0, 0.05) is 38.5 Å². The van der Waals surface area contributed by atoms with Crippen LogP contribution in [0.5, 0.6) is 5.75 Å². The number of anilines is 1. The highest BCUT2D eigenvalue weighted by molar-refractivity contribution is 5.80. The first-order chi connectivity index (χ1) is 15.5. The van der Waals surface area contributed by atoms with Crippen LogP contribution in [0.25, 0.3) is 11.3 Å². The van der Waals surface area contributed by atoms with Gasteiger partial charge < -0.3 is 19.1 Å². The average molecular weight is 436 g/mol. The second kappa shape index (κ2) is 9.38. The molecule has 8 heteroatoms. The molecule has 3 heterocycles. The number of carbonyl (C=O) groups excluding carboxylic acids is 1. The van der Waals surface area contributed by atoms with E-state index in [0.29, 0.717) is 18.3 Å². The Morgan fingerprint density at radius 2 is 2.09 bits per heavy atom. The number of rotatable bonds is 6. The number of aromatic nitrogens is 3. The minimum absolute atomic E-state index is 0.0592. The smallest absolute Gasteiger partial charge is 0.227 e. The maximum Gasteiger partial charge on any atom is 0.227 e. The molecule has 2 aromatic heterocycles. The molecule has 4 rings (SSSR count). The number of methoxy groups -OCH3 is 1. The zero-order chi connectivity index (χ0) is 22.7. The van der Waals surface area contributed by atoms with Crippen LogP contribution in [0.2, 0.25) is 0 Å². The molecular formula is C24H29N5O3. The summed E-state index contributed by atoms with van der Waals surface area (Å²) in [6.45, 7) is 2.57. The third-order valence-corrected chi connectivity index (χ3v) is 5.77. The van der Waals surface area contributed by atoms with E-state index in [-0.39, 0.29) is 18.4 Å². The molecule has 0 unspecified atom stereocenters. The summed E-state index contributed by atoms with van der Waals surface area (Å²) in [7, 11) is 5.44. The number of nitrogens with zero attached hydrogens (tertiary/aromatic N) is 5. The molecule has 0 saturated carbocycles. The second-order valence-electron chi connectivity index (χ2n) is 8.28. The quantitative estimate of drug-likeness (QED) is 0.582. The lowest BCUT2D eigenvalue weighted by molar-refractivity contribution is -0.134. The Morgan fingerprint density at radius 3 is 2.81 bits per heavy atom. The van der Waals surface area contributed by atoms with Gasteiger partial charge in [-0.25, -0.2) is 9.97 Å². The van der Waals surface area contributed by atoms with Crippen molar-refractivity contribution in [3.05, 3.63) is 53.5 Å². The SMILES string of the molecule is COc1ccccc1CC(=O)N1CCCC[C@H]1c1nc(N(C)C)ncc1-c1cc(C)no1. The molecule has 1 aromatic carbocycles. The summed E-state index contributed by atoms with van der Waals surface area (Å²) >= 11 is 0. The molecule has 0 spiro atoms. The van der Waals surface area contributed by atoms with Crippen molar-refractivity contribution in [2.24, 2.45) is 0 Å².